The molecule has 7 heteroatoms. The summed E-state index contributed by atoms with van der Waals surface area (Å²) in [6.45, 7) is 7.39. The Balaban J connectivity index is 1.36. The number of carbonyl (C=O) groups excluding carboxylic acids is 1. The van der Waals surface area contributed by atoms with E-state index in [-0.39, 0.29) is 16.5 Å². The number of hydrogen-bond acceptors (Lipinski definition) is 5. The van der Waals surface area contributed by atoms with Crippen LogP contribution >= 0.6 is 0 Å². The van der Waals surface area contributed by atoms with Gasteiger partial charge in [-0.25, -0.2) is 4.79 Å². The lowest BCUT2D eigenvalue weighted by molar-refractivity contribution is -0.158. The number of carboxylic acid groups (broad SMARTS) is 1. The minimum absolute atomic E-state index is 0.0184. The molecular formula is C26H39N3O4. The first-order chi connectivity index (χ1) is 15.5. The molecule has 182 valence electrons. The van der Waals surface area contributed by atoms with E-state index in [2.05, 4.69) is 24.2 Å². The third-order valence-corrected chi connectivity index (χ3v) is 11.2. The van der Waals surface area contributed by atoms with Gasteiger partial charge in [0.1, 0.15) is 6.29 Å². The van der Waals surface area contributed by atoms with E-state index in [0.717, 1.165) is 38.5 Å². The van der Waals surface area contributed by atoms with Gasteiger partial charge in [0.25, 0.3) is 0 Å². The van der Waals surface area contributed by atoms with E-state index >= 15 is 0 Å². The summed E-state index contributed by atoms with van der Waals surface area (Å²) in [6.07, 6.45) is 13.0. The summed E-state index contributed by atoms with van der Waals surface area (Å²) in [5.74, 6) is 1.46. The number of rotatable bonds is 5. The molecule has 0 aliphatic heterocycles. The Morgan fingerprint density at radius 2 is 1.88 bits per heavy atom. The fourth-order valence-corrected chi connectivity index (χ4v) is 9.08. The van der Waals surface area contributed by atoms with E-state index in [0.29, 0.717) is 42.1 Å². The molecule has 0 saturated heterocycles. The number of aryl methyl sites for hydroxylation is 1. The Bertz CT molecular complexity index is 944. The Hall–Kier alpha value is -1.76. The lowest BCUT2D eigenvalue weighted by Gasteiger charge is -2.62. The highest BCUT2D eigenvalue weighted by atomic mass is 16.4. The molecule has 4 saturated carbocycles. The lowest BCUT2D eigenvalue weighted by atomic mass is 9.43. The van der Waals surface area contributed by atoms with Gasteiger partial charge in [-0.15, -0.1) is 5.10 Å². The van der Waals surface area contributed by atoms with Crippen molar-refractivity contribution in [3.63, 3.8) is 0 Å². The molecule has 0 unspecified atom stereocenters. The minimum atomic E-state index is -1.08. The van der Waals surface area contributed by atoms with Crippen LogP contribution in [0.5, 0.6) is 0 Å². The van der Waals surface area contributed by atoms with Gasteiger partial charge in [0.05, 0.1) is 11.8 Å². The number of aliphatic hydroxyl groups is 1. The number of aromatic carboxylic acids is 1. The van der Waals surface area contributed by atoms with Gasteiger partial charge >= 0.3 is 5.97 Å². The molecule has 0 amide bonds. The summed E-state index contributed by atoms with van der Waals surface area (Å²) >= 11 is 0. The van der Waals surface area contributed by atoms with E-state index in [1.54, 1.807) is 4.68 Å². The van der Waals surface area contributed by atoms with Gasteiger partial charge < -0.3 is 15.0 Å². The molecule has 4 aliphatic carbocycles. The van der Waals surface area contributed by atoms with Crippen LogP contribution in [0.2, 0.25) is 0 Å². The maximum Gasteiger partial charge on any atom is 0.358 e. The molecule has 8 atom stereocenters. The Morgan fingerprint density at radius 3 is 2.58 bits per heavy atom. The molecule has 1 aromatic rings. The average Bonchev–Trinajstić information content (AvgIpc) is 3.35. The molecule has 2 N–H and O–H groups in total. The molecule has 5 rings (SSSR count). The third kappa shape index (κ3) is 3.40. The summed E-state index contributed by atoms with van der Waals surface area (Å²) < 4.78 is 1.58. The monoisotopic (exact) mass is 457 g/mol. The van der Waals surface area contributed by atoms with Crippen LogP contribution in [-0.2, 0) is 11.3 Å². The predicted molar refractivity (Wildman–Crippen MR) is 122 cm³/mol. The molecule has 33 heavy (non-hydrogen) atoms. The standard InChI is InChI=1S/C26H39N3O4/c1-23(33)10-11-24(2)17(14-23)4-5-18-19(24)6-8-25(3)20(18)7-9-26(25,16-30)12-13-29-15-21(22(31)32)27-28-29/h15-20,33H,4-14H2,1-3H3,(H,31,32)/t17-,18-,19+,20+,23-,24+,25+,26+/m1/s1. The normalized spacial score (nSPS) is 46.8. The first kappa shape index (κ1) is 23.0. The number of carboxylic acids is 1. The highest BCUT2D eigenvalue weighted by Gasteiger charge is 2.65. The summed E-state index contributed by atoms with van der Waals surface area (Å²) in [6, 6.07) is 0. The molecule has 1 heterocycles. The first-order valence-electron chi connectivity index (χ1n) is 12.9. The van der Waals surface area contributed by atoms with Crippen LogP contribution in [0, 0.1) is 39.9 Å². The second-order valence-corrected chi connectivity index (χ2v) is 12.5. The molecule has 0 aromatic carbocycles. The Morgan fingerprint density at radius 1 is 1.12 bits per heavy atom. The number of hydrogen-bond donors (Lipinski definition) is 2. The predicted octanol–water partition coefficient (Wildman–Crippen LogP) is 4.35. The van der Waals surface area contributed by atoms with E-state index in [1.165, 1.54) is 31.7 Å². The lowest BCUT2D eigenvalue weighted by Crippen LogP contribution is -2.56. The van der Waals surface area contributed by atoms with Gasteiger partial charge in [-0.3, -0.25) is 4.68 Å². The zero-order valence-electron chi connectivity index (χ0n) is 20.3. The zero-order chi connectivity index (χ0) is 23.6. The van der Waals surface area contributed by atoms with Crippen LogP contribution in [0.25, 0.3) is 0 Å². The maximum atomic E-state index is 12.7. The number of aromatic nitrogens is 3. The topological polar surface area (TPSA) is 105 Å². The van der Waals surface area contributed by atoms with Crippen LogP contribution in [0.1, 0.15) is 95.5 Å². The van der Waals surface area contributed by atoms with Crippen LogP contribution in [0.3, 0.4) is 0 Å². The highest BCUT2D eigenvalue weighted by Crippen LogP contribution is 2.71. The van der Waals surface area contributed by atoms with E-state index < -0.39 is 11.6 Å². The summed E-state index contributed by atoms with van der Waals surface area (Å²) in [4.78, 5) is 23.8. The van der Waals surface area contributed by atoms with E-state index in [4.69, 9.17) is 5.11 Å². The smallest absolute Gasteiger partial charge is 0.358 e. The SMILES string of the molecule is C[C@@]1(O)CC[C@@]2(C)[C@H](CC[C@@H]3[C@@H]2CC[C@@]2(C)[C@H]3CC[C@@]2(C=O)CCn2cc(C(=O)O)nn2)C1. The van der Waals surface area contributed by atoms with Crippen LogP contribution in [0.15, 0.2) is 6.20 Å². The van der Waals surface area contributed by atoms with Crippen molar-refractivity contribution in [2.75, 3.05) is 0 Å². The van der Waals surface area contributed by atoms with Crippen molar-refractivity contribution in [2.24, 2.45) is 39.9 Å². The molecule has 0 radical (unpaired) electrons. The van der Waals surface area contributed by atoms with E-state index in [1.807, 2.05) is 6.92 Å². The number of fused-ring (bicyclic) bond motifs is 5. The van der Waals surface area contributed by atoms with Crippen molar-refractivity contribution in [1.29, 1.82) is 0 Å². The quantitative estimate of drug-likeness (QED) is 0.637. The number of nitrogens with zero attached hydrogens (tertiary/aromatic N) is 3. The minimum Gasteiger partial charge on any atom is -0.476 e. The summed E-state index contributed by atoms with van der Waals surface area (Å²) in [7, 11) is 0. The molecule has 4 fully saturated rings. The molecule has 7 nitrogen and oxygen atoms in total. The molecule has 4 aliphatic rings. The molecule has 0 spiro atoms. The summed E-state index contributed by atoms with van der Waals surface area (Å²) in [5.41, 5.74) is -0.654. The average molecular weight is 458 g/mol. The Labute approximate surface area is 196 Å². The van der Waals surface area contributed by atoms with Gasteiger partial charge in [-0.1, -0.05) is 19.1 Å². The van der Waals surface area contributed by atoms with Gasteiger partial charge in [-0.05, 0) is 106 Å². The Kier molecular flexibility index (Phi) is 5.31. The fourth-order valence-electron chi connectivity index (χ4n) is 9.08. The van der Waals surface area contributed by atoms with Gasteiger partial charge in [0.15, 0.2) is 5.69 Å². The second-order valence-electron chi connectivity index (χ2n) is 12.5. The zero-order valence-corrected chi connectivity index (χ0v) is 20.3. The van der Waals surface area contributed by atoms with Gasteiger partial charge in [0, 0.05) is 12.0 Å². The maximum absolute atomic E-state index is 12.7. The van der Waals surface area contributed by atoms with Crippen molar-refractivity contribution in [2.45, 2.75) is 97.1 Å². The van der Waals surface area contributed by atoms with Crippen molar-refractivity contribution in [3.05, 3.63) is 11.9 Å². The van der Waals surface area contributed by atoms with Crippen molar-refractivity contribution in [1.82, 2.24) is 15.0 Å². The van der Waals surface area contributed by atoms with Crippen molar-refractivity contribution in [3.8, 4) is 0 Å². The van der Waals surface area contributed by atoms with Crippen molar-refractivity contribution < 1.29 is 19.8 Å². The molecular weight excluding hydrogens is 418 g/mol. The second kappa shape index (κ2) is 7.62. The molecule has 1 aromatic heterocycles. The van der Waals surface area contributed by atoms with Gasteiger partial charge in [0.2, 0.25) is 0 Å². The largest absolute Gasteiger partial charge is 0.476 e. The highest BCUT2D eigenvalue weighted by molar-refractivity contribution is 5.84. The summed E-state index contributed by atoms with van der Waals surface area (Å²) in [5, 5.41) is 27.5. The van der Waals surface area contributed by atoms with Gasteiger partial charge in [-0.2, -0.15) is 0 Å². The van der Waals surface area contributed by atoms with Crippen LogP contribution < -0.4 is 0 Å². The number of aldehydes is 1. The van der Waals surface area contributed by atoms with E-state index in [9.17, 15) is 14.7 Å². The molecule has 0 bridgehead atoms. The van der Waals surface area contributed by atoms with Crippen molar-refractivity contribution >= 4 is 12.3 Å². The van der Waals surface area contributed by atoms with Crippen LogP contribution in [-0.4, -0.2) is 43.1 Å². The number of carbonyl (C=O) groups is 2. The third-order valence-electron chi connectivity index (χ3n) is 11.2. The first-order valence-corrected chi connectivity index (χ1v) is 12.9. The fraction of sp³-hybridized carbons (Fsp3) is 0.846. The van der Waals surface area contributed by atoms with Crippen LogP contribution in [0.4, 0.5) is 0 Å².